The second kappa shape index (κ2) is 6.53. The van der Waals surface area contributed by atoms with E-state index in [0.29, 0.717) is 0 Å². The summed E-state index contributed by atoms with van der Waals surface area (Å²) in [7, 11) is 0. The summed E-state index contributed by atoms with van der Waals surface area (Å²) in [5.41, 5.74) is 4.80. The van der Waals surface area contributed by atoms with Crippen LogP contribution in [0.4, 0.5) is 0 Å². The van der Waals surface area contributed by atoms with E-state index < -0.39 is 0 Å². The van der Waals surface area contributed by atoms with Gasteiger partial charge in [-0.1, -0.05) is 78.0 Å². The average molecular weight is 313 g/mol. The average Bonchev–Trinajstić information content (AvgIpc) is 2.45. The molecule has 0 aliphatic carbocycles. The van der Waals surface area contributed by atoms with E-state index in [0.717, 1.165) is 22.0 Å². The van der Waals surface area contributed by atoms with Gasteiger partial charge in [0, 0.05) is 4.47 Å². The molecule has 0 fully saturated rings. The molecular formula is C18H17Br. The third-order valence-corrected chi connectivity index (χ3v) is 3.64. The standard InChI is InChI=1S/C18H17Br/c1-3-15-6-4-5-7-17(15)9-8-14(2)16-10-12-18(19)13-11-16/h4-13H,2-3H2,1H3/b9-8+. The number of allylic oxidation sites excluding steroid dienone is 2. The van der Waals surface area contributed by atoms with Crippen molar-refractivity contribution in [3.8, 4) is 0 Å². The number of hydrogen-bond donors (Lipinski definition) is 0. The summed E-state index contributed by atoms with van der Waals surface area (Å²) in [5, 5.41) is 0. The Kier molecular flexibility index (Phi) is 4.75. The number of hydrogen-bond acceptors (Lipinski definition) is 0. The van der Waals surface area contributed by atoms with Gasteiger partial charge in [-0.3, -0.25) is 0 Å². The molecule has 0 aliphatic heterocycles. The molecule has 0 unspecified atom stereocenters. The fraction of sp³-hybridized carbons (Fsp3) is 0.111. The predicted octanol–water partition coefficient (Wildman–Crippen LogP) is 5.74. The SMILES string of the molecule is C=C(/C=C/c1ccccc1CC)c1ccc(Br)cc1. The Morgan fingerprint density at radius 3 is 2.47 bits per heavy atom. The first-order valence-electron chi connectivity index (χ1n) is 6.41. The number of benzene rings is 2. The van der Waals surface area contributed by atoms with Crippen LogP contribution in [-0.4, -0.2) is 0 Å². The Morgan fingerprint density at radius 2 is 1.79 bits per heavy atom. The van der Waals surface area contributed by atoms with E-state index >= 15 is 0 Å². The molecule has 1 heteroatoms. The quantitative estimate of drug-likeness (QED) is 0.632. The fourth-order valence-electron chi connectivity index (χ4n) is 1.97. The van der Waals surface area contributed by atoms with E-state index in [1.165, 1.54) is 11.1 Å². The summed E-state index contributed by atoms with van der Waals surface area (Å²) in [6, 6.07) is 16.7. The van der Waals surface area contributed by atoms with Crippen LogP contribution in [0, 0.1) is 0 Å². The first-order valence-corrected chi connectivity index (χ1v) is 7.21. The van der Waals surface area contributed by atoms with Crippen molar-refractivity contribution in [1.29, 1.82) is 0 Å². The van der Waals surface area contributed by atoms with Gasteiger partial charge < -0.3 is 0 Å². The molecular weight excluding hydrogens is 296 g/mol. The highest BCUT2D eigenvalue weighted by Gasteiger charge is 1.97. The van der Waals surface area contributed by atoms with Crippen LogP contribution in [0.5, 0.6) is 0 Å². The Labute approximate surface area is 123 Å². The molecule has 0 heterocycles. The van der Waals surface area contributed by atoms with Gasteiger partial charge in [0.05, 0.1) is 0 Å². The Hall–Kier alpha value is -1.60. The molecule has 0 radical (unpaired) electrons. The number of aryl methyl sites for hydroxylation is 1. The van der Waals surface area contributed by atoms with E-state index in [1.807, 2.05) is 12.1 Å². The van der Waals surface area contributed by atoms with Gasteiger partial charge in [-0.2, -0.15) is 0 Å². The zero-order chi connectivity index (χ0) is 13.7. The van der Waals surface area contributed by atoms with Gasteiger partial charge in [0.15, 0.2) is 0 Å². The van der Waals surface area contributed by atoms with Gasteiger partial charge in [-0.15, -0.1) is 0 Å². The molecule has 96 valence electrons. The molecule has 0 atom stereocenters. The van der Waals surface area contributed by atoms with Crippen molar-refractivity contribution >= 4 is 27.6 Å². The second-order valence-corrected chi connectivity index (χ2v) is 5.33. The fourth-order valence-corrected chi connectivity index (χ4v) is 2.23. The molecule has 0 spiro atoms. The maximum atomic E-state index is 4.12. The molecule has 0 aromatic heterocycles. The molecule has 19 heavy (non-hydrogen) atoms. The van der Waals surface area contributed by atoms with E-state index in [-0.39, 0.29) is 0 Å². The maximum Gasteiger partial charge on any atom is 0.0175 e. The minimum atomic E-state index is 1.03. The van der Waals surface area contributed by atoms with E-state index in [1.54, 1.807) is 0 Å². The van der Waals surface area contributed by atoms with Crippen LogP contribution in [0.3, 0.4) is 0 Å². The minimum Gasteiger partial charge on any atom is -0.0912 e. The van der Waals surface area contributed by atoms with E-state index in [9.17, 15) is 0 Å². The largest absolute Gasteiger partial charge is 0.0912 e. The number of halogens is 1. The van der Waals surface area contributed by atoms with Crippen molar-refractivity contribution in [2.45, 2.75) is 13.3 Å². The summed E-state index contributed by atoms with van der Waals surface area (Å²) in [4.78, 5) is 0. The molecule has 2 aromatic rings. The van der Waals surface area contributed by atoms with Crippen LogP contribution >= 0.6 is 15.9 Å². The van der Waals surface area contributed by atoms with Crippen LogP contribution in [0.2, 0.25) is 0 Å². The third-order valence-electron chi connectivity index (χ3n) is 3.12. The van der Waals surface area contributed by atoms with Crippen LogP contribution in [-0.2, 0) is 6.42 Å². The van der Waals surface area contributed by atoms with E-state index in [2.05, 4.69) is 78.0 Å². The molecule has 0 N–H and O–H groups in total. The van der Waals surface area contributed by atoms with Crippen molar-refractivity contribution in [1.82, 2.24) is 0 Å². The summed E-state index contributed by atoms with van der Waals surface area (Å²) in [5.74, 6) is 0. The lowest BCUT2D eigenvalue weighted by molar-refractivity contribution is 1.13. The Balaban J connectivity index is 2.18. The number of rotatable bonds is 4. The molecule has 2 aromatic carbocycles. The maximum absolute atomic E-state index is 4.12. The van der Waals surface area contributed by atoms with Crippen LogP contribution < -0.4 is 0 Å². The monoisotopic (exact) mass is 312 g/mol. The normalized spacial score (nSPS) is 10.8. The Morgan fingerprint density at radius 1 is 1.11 bits per heavy atom. The highest BCUT2D eigenvalue weighted by molar-refractivity contribution is 9.10. The summed E-state index contributed by atoms with van der Waals surface area (Å²) in [6.45, 7) is 6.30. The van der Waals surface area contributed by atoms with Gasteiger partial charge >= 0.3 is 0 Å². The lowest BCUT2D eigenvalue weighted by Crippen LogP contribution is -1.85. The summed E-state index contributed by atoms with van der Waals surface area (Å²) in [6.07, 6.45) is 5.27. The smallest absolute Gasteiger partial charge is 0.0175 e. The van der Waals surface area contributed by atoms with Gasteiger partial charge in [0.25, 0.3) is 0 Å². The Bertz CT molecular complexity index is 591. The van der Waals surface area contributed by atoms with Crippen LogP contribution in [0.15, 0.2) is 65.7 Å². The lowest BCUT2D eigenvalue weighted by Gasteiger charge is -2.04. The van der Waals surface area contributed by atoms with Crippen LogP contribution in [0.1, 0.15) is 23.6 Å². The highest BCUT2D eigenvalue weighted by atomic mass is 79.9. The zero-order valence-electron chi connectivity index (χ0n) is 11.1. The van der Waals surface area contributed by atoms with Crippen molar-refractivity contribution < 1.29 is 0 Å². The first kappa shape index (κ1) is 13.8. The van der Waals surface area contributed by atoms with Gasteiger partial charge in [-0.05, 0) is 40.8 Å². The minimum absolute atomic E-state index is 1.03. The molecule has 0 aliphatic rings. The van der Waals surface area contributed by atoms with Crippen LogP contribution in [0.25, 0.3) is 11.6 Å². The molecule has 0 amide bonds. The summed E-state index contributed by atoms with van der Waals surface area (Å²) < 4.78 is 1.09. The topological polar surface area (TPSA) is 0 Å². The molecule has 0 saturated heterocycles. The highest BCUT2D eigenvalue weighted by Crippen LogP contribution is 2.19. The second-order valence-electron chi connectivity index (χ2n) is 4.42. The van der Waals surface area contributed by atoms with Crippen molar-refractivity contribution in [2.24, 2.45) is 0 Å². The molecule has 0 nitrogen and oxygen atoms in total. The van der Waals surface area contributed by atoms with Crippen molar-refractivity contribution in [3.05, 3.63) is 82.3 Å². The zero-order valence-corrected chi connectivity index (χ0v) is 12.7. The molecule has 0 bridgehead atoms. The summed E-state index contributed by atoms with van der Waals surface area (Å²) >= 11 is 3.44. The first-order chi connectivity index (χ1) is 9.20. The van der Waals surface area contributed by atoms with Gasteiger partial charge in [0.2, 0.25) is 0 Å². The molecule has 2 rings (SSSR count). The predicted molar refractivity (Wildman–Crippen MR) is 88.0 cm³/mol. The lowest BCUT2D eigenvalue weighted by atomic mass is 10.0. The molecule has 0 saturated carbocycles. The van der Waals surface area contributed by atoms with Crippen molar-refractivity contribution in [3.63, 3.8) is 0 Å². The third kappa shape index (κ3) is 3.68. The van der Waals surface area contributed by atoms with Gasteiger partial charge in [-0.25, -0.2) is 0 Å². The van der Waals surface area contributed by atoms with Gasteiger partial charge in [0.1, 0.15) is 0 Å². The van der Waals surface area contributed by atoms with E-state index in [4.69, 9.17) is 0 Å². The van der Waals surface area contributed by atoms with Crippen molar-refractivity contribution in [2.75, 3.05) is 0 Å².